The van der Waals surface area contributed by atoms with Crippen LogP contribution in [0.3, 0.4) is 0 Å². The maximum atomic E-state index is 12.6. The summed E-state index contributed by atoms with van der Waals surface area (Å²) in [5.74, 6) is -1.37. The number of phenols is 1. The third-order valence-corrected chi connectivity index (χ3v) is 3.80. The normalized spacial score (nSPS) is 22.1. The molecule has 4 nitrogen and oxygen atoms in total. The number of benzene rings is 1. The Hall–Kier alpha value is -1.68. The smallest absolute Gasteiger partial charge is 0.179 e. The average Bonchev–Trinajstić information content (AvgIpc) is 2.30. The van der Waals surface area contributed by atoms with Crippen molar-refractivity contribution in [2.75, 3.05) is 0 Å². The van der Waals surface area contributed by atoms with Gasteiger partial charge < -0.3 is 9.84 Å². The largest absolute Gasteiger partial charge is 0.508 e. The van der Waals surface area contributed by atoms with Gasteiger partial charge in [0.15, 0.2) is 11.6 Å². The van der Waals surface area contributed by atoms with Crippen LogP contribution >= 0.6 is 0 Å². The quantitative estimate of drug-likeness (QED) is 0.800. The zero-order valence-electron chi connectivity index (χ0n) is 12.5. The minimum absolute atomic E-state index is 0.0494. The van der Waals surface area contributed by atoms with Crippen LogP contribution in [0, 0.1) is 6.92 Å². The topological polar surface area (TPSA) is 63.6 Å². The summed E-state index contributed by atoms with van der Waals surface area (Å²) in [6.07, 6.45) is 0. The number of Topliss-reactive ketones (excluding diaryl/α,β-unsaturated/α-hetero) is 2. The van der Waals surface area contributed by atoms with E-state index in [0.717, 1.165) is 5.56 Å². The summed E-state index contributed by atoms with van der Waals surface area (Å²) in [6.45, 7) is 8.53. The Morgan fingerprint density at radius 2 is 1.55 bits per heavy atom. The van der Waals surface area contributed by atoms with Crippen LogP contribution < -0.4 is 0 Å². The second kappa shape index (κ2) is 4.42. The lowest BCUT2D eigenvalue weighted by Gasteiger charge is -2.42. The van der Waals surface area contributed by atoms with Gasteiger partial charge in [-0.3, -0.25) is 9.59 Å². The Bertz CT molecular complexity index is 558. The third-order valence-electron chi connectivity index (χ3n) is 3.80. The fourth-order valence-corrected chi connectivity index (χ4v) is 2.77. The first kappa shape index (κ1) is 14.7. The number of ketones is 2. The Balaban J connectivity index is 2.60. The molecule has 0 aliphatic carbocycles. The Morgan fingerprint density at radius 1 is 1.05 bits per heavy atom. The van der Waals surface area contributed by atoms with Crippen molar-refractivity contribution in [2.45, 2.75) is 51.7 Å². The van der Waals surface area contributed by atoms with Gasteiger partial charge in [-0.05, 0) is 57.9 Å². The van der Waals surface area contributed by atoms with E-state index in [4.69, 9.17) is 4.74 Å². The molecule has 1 fully saturated rings. The van der Waals surface area contributed by atoms with Gasteiger partial charge >= 0.3 is 0 Å². The maximum absolute atomic E-state index is 12.6. The highest BCUT2D eigenvalue weighted by atomic mass is 16.5. The molecule has 1 aromatic carbocycles. The van der Waals surface area contributed by atoms with E-state index >= 15 is 0 Å². The van der Waals surface area contributed by atoms with Crippen LogP contribution in [-0.4, -0.2) is 27.9 Å². The van der Waals surface area contributed by atoms with Crippen molar-refractivity contribution in [1.29, 1.82) is 0 Å². The van der Waals surface area contributed by atoms with Gasteiger partial charge in [0.25, 0.3) is 0 Å². The van der Waals surface area contributed by atoms with Crippen molar-refractivity contribution in [3.63, 3.8) is 0 Å². The number of hydrogen-bond donors (Lipinski definition) is 1. The zero-order chi connectivity index (χ0) is 15.3. The van der Waals surface area contributed by atoms with Crippen molar-refractivity contribution in [1.82, 2.24) is 0 Å². The van der Waals surface area contributed by atoms with Gasteiger partial charge in [0.1, 0.15) is 22.9 Å². The summed E-state index contributed by atoms with van der Waals surface area (Å²) in [6, 6.07) is 4.75. The summed E-state index contributed by atoms with van der Waals surface area (Å²) in [4.78, 5) is 25.2. The van der Waals surface area contributed by atoms with Crippen LogP contribution in [0.25, 0.3) is 0 Å². The molecule has 108 valence electrons. The molecule has 0 bridgehead atoms. The molecule has 0 aromatic heterocycles. The molecular formula is C16H20O4. The monoisotopic (exact) mass is 276 g/mol. The molecule has 1 heterocycles. The van der Waals surface area contributed by atoms with Crippen LogP contribution in [0.4, 0.5) is 0 Å². The van der Waals surface area contributed by atoms with E-state index in [1.54, 1.807) is 39.8 Å². The molecule has 2 rings (SSSR count). The highest BCUT2D eigenvalue weighted by Gasteiger charge is 2.53. The fraction of sp³-hybridized carbons (Fsp3) is 0.500. The number of carbonyl (C=O) groups excluding carboxylic acids is 2. The third kappa shape index (κ3) is 2.24. The molecule has 0 saturated carbocycles. The Morgan fingerprint density at radius 3 is 2.05 bits per heavy atom. The van der Waals surface area contributed by atoms with E-state index in [2.05, 4.69) is 0 Å². The molecular weight excluding hydrogens is 256 g/mol. The van der Waals surface area contributed by atoms with E-state index in [1.807, 2.05) is 6.92 Å². The first-order valence-corrected chi connectivity index (χ1v) is 6.64. The van der Waals surface area contributed by atoms with Gasteiger partial charge in [0, 0.05) is 0 Å². The fourth-order valence-electron chi connectivity index (χ4n) is 2.77. The van der Waals surface area contributed by atoms with Crippen LogP contribution in [0.5, 0.6) is 5.75 Å². The van der Waals surface area contributed by atoms with Gasteiger partial charge in [0.2, 0.25) is 0 Å². The molecule has 1 aromatic rings. The van der Waals surface area contributed by atoms with Gasteiger partial charge in [-0.25, -0.2) is 0 Å². The number of aromatic hydroxyl groups is 1. The Kier molecular flexibility index (Phi) is 3.25. The minimum atomic E-state index is -1.03. The van der Waals surface area contributed by atoms with Crippen LogP contribution in [0.1, 0.15) is 44.7 Å². The zero-order valence-corrected chi connectivity index (χ0v) is 12.5. The Labute approximate surface area is 118 Å². The molecule has 0 radical (unpaired) electrons. The molecule has 1 saturated heterocycles. The summed E-state index contributed by atoms with van der Waals surface area (Å²) in [5.41, 5.74) is -0.688. The van der Waals surface area contributed by atoms with Crippen LogP contribution in [0.2, 0.25) is 0 Å². The van der Waals surface area contributed by atoms with Crippen molar-refractivity contribution < 1.29 is 19.4 Å². The lowest BCUT2D eigenvalue weighted by atomic mass is 9.74. The molecule has 0 unspecified atom stereocenters. The first-order chi connectivity index (χ1) is 9.06. The van der Waals surface area contributed by atoms with Gasteiger partial charge in [-0.1, -0.05) is 6.07 Å². The number of carbonyl (C=O) groups is 2. The second-order valence-corrected chi connectivity index (χ2v) is 6.33. The predicted octanol–water partition coefficient (Wildman–Crippen LogP) is 2.51. The molecule has 0 spiro atoms. The van der Waals surface area contributed by atoms with Gasteiger partial charge in [-0.15, -0.1) is 0 Å². The maximum Gasteiger partial charge on any atom is 0.179 e. The van der Waals surface area contributed by atoms with E-state index < -0.39 is 17.1 Å². The van der Waals surface area contributed by atoms with Crippen molar-refractivity contribution in [3.05, 3.63) is 29.3 Å². The van der Waals surface area contributed by atoms with Crippen molar-refractivity contribution >= 4 is 11.6 Å². The summed E-state index contributed by atoms with van der Waals surface area (Å²) >= 11 is 0. The van der Waals surface area contributed by atoms with Crippen molar-refractivity contribution in [2.24, 2.45) is 0 Å². The first-order valence-electron chi connectivity index (χ1n) is 6.64. The predicted molar refractivity (Wildman–Crippen MR) is 74.8 cm³/mol. The molecule has 1 aliphatic rings. The molecule has 1 N–H and O–H groups in total. The van der Waals surface area contributed by atoms with E-state index in [-0.39, 0.29) is 17.3 Å². The molecule has 4 heteroatoms. The highest BCUT2D eigenvalue weighted by Crippen LogP contribution is 2.40. The second-order valence-electron chi connectivity index (χ2n) is 6.33. The highest BCUT2D eigenvalue weighted by molar-refractivity contribution is 6.15. The van der Waals surface area contributed by atoms with E-state index in [1.165, 1.54) is 6.07 Å². The van der Waals surface area contributed by atoms with Crippen molar-refractivity contribution in [3.8, 4) is 5.75 Å². The standard InChI is InChI=1S/C16H20O4/c1-9-6-7-10(17)8-11(9)12-13(18)15(2,3)20-16(4,5)14(12)19/h6-8,12,17H,1-5H3. The van der Waals surface area contributed by atoms with E-state index in [9.17, 15) is 14.7 Å². The molecule has 1 aliphatic heterocycles. The molecule has 0 atom stereocenters. The van der Waals surface area contributed by atoms with Gasteiger partial charge in [0.05, 0.1) is 0 Å². The number of aryl methyl sites for hydroxylation is 1. The summed E-state index contributed by atoms with van der Waals surface area (Å²) in [5, 5.41) is 9.65. The van der Waals surface area contributed by atoms with E-state index in [0.29, 0.717) is 5.56 Å². The lowest BCUT2D eigenvalue weighted by molar-refractivity contribution is -0.184. The van der Waals surface area contributed by atoms with Crippen LogP contribution in [0.15, 0.2) is 18.2 Å². The molecule has 0 amide bonds. The molecule has 20 heavy (non-hydrogen) atoms. The van der Waals surface area contributed by atoms with Crippen LogP contribution in [-0.2, 0) is 14.3 Å². The lowest BCUT2D eigenvalue weighted by Crippen LogP contribution is -2.57. The average molecular weight is 276 g/mol. The minimum Gasteiger partial charge on any atom is -0.508 e. The number of rotatable bonds is 1. The summed E-state index contributed by atoms with van der Waals surface area (Å²) in [7, 11) is 0. The summed E-state index contributed by atoms with van der Waals surface area (Å²) < 4.78 is 5.65. The number of hydrogen-bond acceptors (Lipinski definition) is 4. The van der Waals surface area contributed by atoms with Gasteiger partial charge in [-0.2, -0.15) is 0 Å². The SMILES string of the molecule is Cc1ccc(O)cc1C1C(=O)C(C)(C)OC(C)(C)C1=O. The number of ether oxygens (including phenoxy) is 1. The number of phenolic OH excluding ortho intramolecular Hbond substituents is 1.